The molecule has 1 saturated heterocycles. The SMILES string of the molecule is NC(CONC(=O)[C@@H]1CCCCN1C(=O)NOS(=O)(=O)O)c1ccccn1. The number of urea groups is 1. The number of hydrogen-bond donors (Lipinski definition) is 4. The highest BCUT2D eigenvalue weighted by atomic mass is 32.3. The highest BCUT2D eigenvalue weighted by Gasteiger charge is 2.33. The predicted molar refractivity (Wildman–Crippen MR) is 90.8 cm³/mol. The summed E-state index contributed by atoms with van der Waals surface area (Å²) in [7, 11) is -4.85. The van der Waals surface area contributed by atoms with Crippen LogP contribution < -0.4 is 16.7 Å². The Hall–Kier alpha value is -2.32. The highest BCUT2D eigenvalue weighted by molar-refractivity contribution is 7.80. The summed E-state index contributed by atoms with van der Waals surface area (Å²) >= 11 is 0. The topological polar surface area (TPSA) is 173 Å². The first-order chi connectivity index (χ1) is 12.8. The highest BCUT2D eigenvalue weighted by Crippen LogP contribution is 2.17. The number of piperidine rings is 1. The Kier molecular flexibility index (Phi) is 7.44. The molecule has 3 amide bonds. The number of hydrogen-bond acceptors (Lipinski definition) is 8. The summed E-state index contributed by atoms with van der Waals surface area (Å²) in [5.41, 5.74) is 10.3. The van der Waals surface area contributed by atoms with E-state index in [2.05, 4.69) is 14.7 Å². The molecule has 27 heavy (non-hydrogen) atoms. The van der Waals surface area contributed by atoms with Crippen LogP contribution in [0, 0.1) is 0 Å². The second-order valence-electron chi connectivity index (χ2n) is 5.76. The van der Waals surface area contributed by atoms with Gasteiger partial charge in [-0.15, -0.1) is 4.28 Å². The van der Waals surface area contributed by atoms with Crippen LogP contribution in [0.5, 0.6) is 0 Å². The van der Waals surface area contributed by atoms with Crippen LogP contribution in [0.4, 0.5) is 4.79 Å². The minimum Gasteiger partial charge on any atom is -0.321 e. The third-order valence-corrected chi connectivity index (χ3v) is 4.10. The van der Waals surface area contributed by atoms with Crippen molar-refractivity contribution in [1.82, 2.24) is 20.8 Å². The van der Waals surface area contributed by atoms with Crippen LogP contribution in [-0.2, 0) is 24.3 Å². The van der Waals surface area contributed by atoms with E-state index in [1.165, 1.54) is 0 Å². The minimum atomic E-state index is -4.85. The summed E-state index contributed by atoms with van der Waals surface area (Å²) in [5, 5.41) is 0. The van der Waals surface area contributed by atoms with Crippen LogP contribution in [-0.4, -0.2) is 54.0 Å². The van der Waals surface area contributed by atoms with Crippen molar-refractivity contribution < 1.29 is 31.7 Å². The van der Waals surface area contributed by atoms with E-state index in [1.54, 1.807) is 29.9 Å². The van der Waals surface area contributed by atoms with Crippen molar-refractivity contribution in [3.63, 3.8) is 0 Å². The van der Waals surface area contributed by atoms with Gasteiger partial charge in [-0.3, -0.25) is 19.2 Å². The maximum absolute atomic E-state index is 12.3. The van der Waals surface area contributed by atoms with E-state index in [1.807, 2.05) is 0 Å². The number of amides is 3. The molecule has 1 aliphatic heterocycles. The molecule has 1 fully saturated rings. The van der Waals surface area contributed by atoms with Crippen molar-refractivity contribution in [3.05, 3.63) is 30.1 Å². The van der Waals surface area contributed by atoms with E-state index in [0.717, 1.165) is 4.90 Å². The summed E-state index contributed by atoms with van der Waals surface area (Å²) < 4.78 is 33.4. The van der Waals surface area contributed by atoms with E-state index in [0.29, 0.717) is 25.0 Å². The first kappa shape index (κ1) is 21.0. The first-order valence-electron chi connectivity index (χ1n) is 8.08. The fourth-order valence-electron chi connectivity index (χ4n) is 2.55. The molecular weight excluding hydrogens is 382 g/mol. The van der Waals surface area contributed by atoms with Crippen molar-refractivity contribution in [3.8, 4) is 0 Å². The molecule has 1 unspecified atom stereocenters. The zero-order valence-electron chi connectivity index (χ0n) is 14.3. The van der Waals surface area contributed by atoms with Crippen LogP contribution in [0.2, 0.25) is 0 Å². The molecule has 0 saturated carbocycles. The van der Waals surface area contributed by atoms with Crippen LogP contribution in [0.15, 0.2) is 24.4 Å². The average molecular weight is 403 g/mol. The van der Waals surface area contributed by atoms with Gasteiger partial charge >= 0.3 is 16.4 Å². The monoisotopic (exact) mass is 403 g/mol. The largest absolute Gasteiger partial charge is 0.418 e. The Morgan fingerprint density at radius 1 is 1.37 bits per heavy atom. The molecule has 0 aliphatic carbocycles. The van der Waals surface area contributed by atoms with E-state index in [-0.39, 0.29) is 13.2 Å². The third kappa shape index (κ3) is 6.73. The van der Waals surface area contributed by atoms with Gasteiger partial charge in [0.05, 0.1) is 18.3 Å². The van der Waals surface area contributed by atoms with E-state index in [4.69, 9.17) is 15.1 Å². The first-order valence-corrected chi connectivity index (χ1v) is 9.45. The number of likely N-dealkylation sites (tertiary alicyclic amines) is 1. The predicted octanol–water partition coefficient (Wildman–Crippen LogP) is -0.572. The number of rotatable bonds is 7. The smallest absolute Gasteiger partial charge is 0.321 e. The molecule has 1 aromatic rings. The Bertz CT molecular complexity index is 745. The van der Waals surface area contributed by atoms with Gasteiger partial charge in [0, 0.05) is 12.7 Å². The summed E-state index contributed by atoms with van der Waals surface area (Å²) in [6, 6.07) is 2.81. The average Bonchev–Trinajstić information content (AvgIpc) is 2.66. The van der Waals surface area contributed by atoms with Gasteiger partial charge in [-0.1, -0.05) is 6.07 Å². The quantitative estimate of drug-likeness (QED) is 0.343. The number of carbonyl (C=O) groups excluding carboxylic acids is 2. The Labute approximate surface area is 155 Å². The normalized spacial score (nSPS) is 18.6. The van der Waals surface area contributed by atoms with Gasteiger partial charge in [0.25, 0.3) is 5.91 Å². The zero-order valence-corrected chi connectivity index (χ0v) is 15.1. The lowest BCUT2D eigenvalue weighted by Gasteiger charge is -2.33. The fraction of sp³-hybridized carbons (Fsp3) is 0.500. The lowest BCUT2D eigenvalue weighted by Crippen LogP contribution is -2.55. The molecule has 2 heterocycles. The Balaban J connectivity index is 1.86. The van der Waals surface area contributed by atoms with Gasteiger partial charge in [0.2, 0.25) is 0 Å². The van der Waals surface area contributed by atoms with Crippen LogP contribution in [0.25, 0.3) is 0 Å². The van der Waals surface area contributed by atoms with Gasteiger partial charge in [-0.05, 0) is 31.4 Å². The standard InChI is InChI=1S/C14H21N5O7S/c15-10(11-5-1-3-7-16-11)9-25-17-13(20)12-6-2-4-8-19(12)14(21)18-26-27(22,23)24/h1,3,5,7,10,12H,2,4,6,8-9,15H2,(H,17,20)(H,18,21)(H,22,23,24)/t10?,12-/m0/s1. The second-order valence-corrected chi connectivity index (χ2v) is 6.78. The number of hydroxylamine groups is 2. The Morgan fingerprint density at radius 2 is 2.15 bits per heavy atom. The second kappa shape index (κ2) is 9.57. The van der Waals surface area contributed by atoms with Gasteiger partial charge in [-0.25, -0.2) is 10.3 Å². The molecule has 1 aliphatic rings. The minimum absolute atomic E-state index is 0.0342. The van der Waals surface area contributed by atoms with E-state index < -0.39 is 34.4 Å². The number of nitrogens with one attached hydrogen (secondary N) is 2. The van der Waals surface area contributed by atoms with Gasteiger partial charge < -0.3 is 10.6 Å². The molecular formula is C14H21N5O7S. The molecule has 1 aromatic heterocycles. The van der Waals surface area contributed by atoms with Crippen molar-refractivity contribution in [1.29, 1.82) is 0 Å². The third-order valence-electron chi connectivity index (χ3n) is 3.80. The van der Waals surface area contributed by atoms with Crippen molar-refractivity contribution >= 4 is 22.3 Å². The molecule has 12 nitrogen and oxygen atoms in total. The number of aromatic nitrogens is 1. The maximum atomic E-state index is 12.3. The van der Waals surface area contributed by atoms with Crippen LogP contribution in [0.1, 0.15) is 31.0 Å². The van der Waals surface area contributed by atoms with Gasteiger partial charge in [0.1, 0.15) is 6.04 Å². The lowest BCUT2D eigenvalue weighted by molar-refractivity contribution is -0.139. The summed E-state index contributed by atoms with van der Waals surface area (Å²) in [5.74, 6) is -0.593. The molecule has 2 atom stereocenters. The Morgan fingerprint density at radius 3 is 2.81 bits per heavy atom. The number of nitrogens with two attached hydrogens (primary N) is 1. The fourth-order valence-corrected chi connectivity index (χ4v) is 2.72. The van der Waals surface area contributed by atoms with Crippen LogP contribution >= 0.6 is 0 Å². The van der Waals surface area contributed by atoms with E-state index in [9.17, 15) is 18.0 Å². The molecule has 0 bridgehead atoms. The molecule has 0 radical (unpaired) electrons. The van der Waals surface area contributed by atoms with Crippen molar-refractivity contribution in [2.24, 2.45) is 5.73 Å². The van der Waals surface area contributed by atoms with Crippen molar-refractivity contribution in [2.75, 3.05) is 13.2 Å². The van der Waals surface area contributed by atoms with Crippen LogP contribution in [0.3, 0.4) is 0 Å². The van der Waals surface area contributed by atoms with Crippen molar-refractivity contribution in [2.45, 2.75) is 31.3 Å². The summed E-state index contributed by atoms with van der Waals surface area (Å²) in [6.07, 6.45) is 3.24. The molecule has 0 aromatic carbocycles. The molecule has 13 heteroatoms. The molecule has 5 N–H and O–H groups in total. The molecule has 0 spiro atoms. The maximum Gasteiger partial charge on any atom is 0.418 e. The lowest BCUT2D eigenvalue weighted by atomic mass is 10.0. The molecule has 150 valence electrons. The van der Waals surface area contributed by atoms with E-state index >= 15 is 0 Å². The number of pyridine rings is 1. The molecule has 2 rings (SSSR count). The van der Waals surface area contributed by atoms with Gasteiger partial charge in [-0.2, -0.15) is 13.9 Å². The number of carbonyl (C=O) groups is 2. The summed E-state index contributed by atoms with van der Waals surface area (Å²) in [4.78, 5) is 34.6. The summed E-state index contributed by atoms with van der Waals surface area (Å²) in [6.45, 7) is 0.166. The zero-order chi connectivity index (χ0) is 19.9. The number of nitrogens with zero attached hydrogens (tertiary/aromatic N) is 2. The van der Waals surface area contributed by atoms with Gasteiger partial charge in [0.15, 0.2) is 0 Å².